The lowest BCUT2D eigenvalue weighted by Crippen LogP contribution is -2.67. The van der Waals surface area contributed by atoms with E-state index in [0.717, 1.165) is 26.2 Å². The SMILES string of the molecule is CCC1(C)CNC(C)(C)CN1CCOC(C)(C)C. The first-order chi connectivity index (χ1) is 8.08. The van der Waals surface area contributed by atoms with E-state index in [9.17, 15) is 0 Å². The molecule has 0 spiro atoms. The Kier molecular flexibility index (Phi) is 4.85. The van der Waals surface area contributed by atoms with Crippen LogP contribution in [0.15, 0.2) is 0 Å². The lowest BCUT2D eigenvalue weighted by molar-refractivity contribution is -0.0436. The van der Waals surface area contributed by atoms with E-state index in [4.69, 9.17) is 4.74 Å². The Morgan fingerprint density at radius 2 is 1.83 bits per heavy atom. The van der Waals surface area contributed by atoms with Gasteiger partial charge in [0, 0.05) is 30.7 Å². The molecule has 1 heterocycles. The highest BCUT2D eigenvalue weighted by molar-refractivity contribution is 4.99. The molecule has 1 unspecified atom stereocenters. The van der Waals surface area contributed by atoms with E-state index < -0.39 is 0 Å². The van der Waals surface area contributed by atoms with Crippen LogP contribution in [0.5, 0.6) is 0 Å². The number of ether oxygens (including phenoxy) is 1. The number of hydrogen-bond donors (Lipinski definition) is 1. The van der Waals surface area contributed by atoms with Crippen molar-refractivity contribution in [3.63, 3.8) is 0 Å². The van der Waals surface area contributed by atoms with Gasteiger partial charge in [0.15, 0.2) is 0 Å². The molecule has 3 nitrogen and oxygen atoms in total. The van der Waals surface area contributed by atoms with Crippen LogP contribution in [0.25, 0.3) is 0 Å². The smallest absolute Gasteiger partial charge is 0.0600 e. The molecule has 1 N–H and O–H groups in total. The molecule has 0 bridgehead atoms. The van der Waals surface area contributed by atoms with Gasteiger partial charge in [-0.2, -0.15) is 0 Å². The maximum atomic E-state index is 5.88. The molecule has 1 fully saturated rings. The van der Waals surface area contributed by atoms with Gasteiger partial charge in [-0.05, 0) is 48.0 Å². The minimum absolute atomic E-state index is 0.0355. The van der Waals surface area contributed by atoms with Crippen LogP contribution < -0.4 is 5.32 Å². The van der Waals surface area contributed by atoms with Gasteiger partial charge < -0.3 is 10.1 Å². The standard InChI is InChI=1S/C15H32N2O/c1-8-15(7)11-16-14(5,6)12-17(15)9-10-18-13(2,3)4/h16H,8-12H2,1-7H3. The molecule has 0 aromatic carbocycles. The van der Waals surface area contributed by atoms with Crippen molar-refractivity contribution in [1.82, 2.24) is 10.2 Å². The van der Waals surface area contributed by atoms with Gasteiger partial charge in [0.2, 0.25) is 0 Å². The predicted octanol–water partition coefficient (Wildman–Crippen LogP) is 2.65. The van der Waals surface area contributed by atoms with Gasteiger partial charge in [0.05, 0.1) is 12.2 Å². The molecule has 0 amide bonds. The fourth-order valence-corrected chi connectivity index (χ4v) is 2.43. The molecular formula is C15H32N2O. The van der Waals surface area contributed by atoms with Crippen LogP contribution in [0.4, 0.5) is 0 Å². The summed E-state index contributed by atoms with van der Waals surface area (Å²) in [4.78, 5) is 2.59. The highest BCUT2D eigenvalue weighted by atomic mass is 16.5. The molecule has 18 heavy (non-hydrogen) atoms. The molecule has 1 rings (SSSR count). The molecule has 0 aromatic heterocycles. The van der Waals surface area contributed by atoms with Crippen molar-refractivity contribution in [1.29, 1.82) is 0 Å². The van der Waals surface area contributed by atoms with Crippen molar-refractivity contribution in [3.05, 3.63) is 0 Å². The zero-order valence-electron chi connectivity index (χ0n) is 13.4. The fraction of sp³-hybridized carbons (Fsp3) is 1.00. The number of rotatable bonds is 4. The average Bonchev–Trinajstić information content (AvgIpc) is 2.21. The minimum atomic E-state index is -0.0355. The van der Waals surface area contributed by atoms with Crippen LogP contribution in [0.2, 0.25) is 0 Å². The van der Waals surface area contributed by atoms with Crippen LogP contribution in [0, 0.1) is 0 Å². The summed E-state index contributed by atoms with van der Waals surface area (Å²) in [6.07, 6.45) is 1.17. The molecule has 0 radical (unpaired) electrons. The summed E-state index contributed by atoms with van der Waals surface area (Å²) in [5.74, 6) is 0. The Morgan fingerprint density at radius 3 is 2.33 bits per heavy atom. The van der Waals surface area contributed by atoms with Gasteiger partial charge in [0.25, 0.3) is 0 Å². The monoisotopic (exact) mass is 256 g/mol. The lowest BCUT2D eigenvalue weighted by Gasteiger charge is -2.51. The first-order valence-corrected chi connectivity index (χ1v) is 7.22. The topological polar surface area (TPSA) is 24.5 Å². The summed E-state index contributed by atoms with van der Waals surface area (Å²) in [5, 5.41) is 3.65. The van der Waals surface area contributed by atoms with Crippen molar-refractivity contribution in [2.45, 2.75) is 71.6 Å². The van der Waals surface area contributed by atoms with E-state index in [1.165, 1.54) is 6.42 Å². The van der Waals surface area contributed by atoms with Crippen molar-refractivity contribution in [3.8, 4) is 0 Å². The lowest BCUT2D eigenvalue weighted by atomic mass is 9.88. The van der Waals surface area contributed by atoms with Crippen LogP contribution in [0.3, 0.4) is 0 Å². The van der Waals surface area contributed by atoms with Gasteiger partial charge in [-0.15, -0.1) is 0 Å². The molecule has 1 saturated heterocycles. The zero-order chi connectivity index (χ0) is 14.0. The summed E-state index contributed by atoms with van der Waals surface area (Å²) in [6, 6.07) is 0. The Balaban J connectivity index is 2.57. The van der Waals surface area contributed by atoms with Crippen molar-refractivity contribution >= 4 is 0 Å². The zero-order valence-corrected chi connectivity index (χ0v) is 13.4. The Labute approximate surface area is 113 Å². The maximum Gasteiger partial charge on any atom is 0.0600 e. The second kappa shape index (κ2) is 5.48. The third kappa shape index (κ3) is 4.52. The summed E-state index contributed by atoms with van der Waals surface area (Å²) in [5.41, 5.74) is 0.430. The van der Waals surface area contributed by atoms with Gasteiger partial charge in [-0.1, -0.05) is 6.92 Å². The van der Waals surface area contributed by atoms with Gasteiger partial charge in [-0.3, -0.25) is 4.90 Å². The first kappa shape index (κ1) is 15.9. The first-order valence-electron chi connectivity index (χ1n) is 7.22. The van der Waals surface area contributed by atoms with E-state index >= 15 is 0 Å². The van der Waals surface area contributed by atoms with Crippen molar-refractivity contribution in [2.75, 3.05) is 26.2 Å². The number of piperazine rings is 1. The average molecular weight is 256 g/mol. The predicted molar refractivity (Wildman–Crippen MR) is 78.1 cm³/mol. The maximum absolute atomic E-state index is 5.88. The molecule has 108 valence electrons. The largest absolute Gasteiger partial charge is 0.375 e. The Morgan fingerprint density at radius 1 is 1.22 bits per heavy atom. The molecule has 0 aromatic rings. The summed E-state index contributed by atoms with van der Waals surface area (Å²) in [6.45, 7) is 19.5. The normalized spacial score (nSPS) is 29.5. The quantitative estimate of drug-likeness (QED) is 0.837. The van der Waals surface area contributed by atoms with E-state index in [0.29, 0.717) is 0 Å². The van der Waals surface area contributed by atoms with Gasteiger partial charge in [-0.25, -0.2) is 0 Å². The molecule has 0 aliphatic carbocycles. The van der Waals surface area contributed by atoms with Gasteiger partial charge in [0.1, 0.15) is 0 Å². The summed E-state index contributed by atoms with van der Waals surface area (Å²) < 4.78 is 5.88. The molecule has 1 atom stereocenters. The van der Waals surface area contributed by atoms with Crippen LogP contribution in [-0.4, -0.2) is 47.8 Å². The number of nitrogens with one attached hydrogen (secondary N) is 1. The third-order valence-corrected chi connectivity index (χ3v) is 3.96. The summed E-state index contributed by atoms with van der Waals surface area (Å²) in [7, 11) is 0. The second-order valence-electron chi connectivity index (χ2n) is 7.47. The molecule has 0 saturated carbocycles. The fourth-order valence-electron chi connectivity index (χ4n) is 2.43. The van der Waals surface area contributed by atoms with Gasteiger partial charge >= 0.3 is 0 Å². The second-order valence-corrected chi connectivity index (χ2v) is 7.47. The molecule has 3 heteroatoms. The number of hydrogen-bond acceptors (Lipinski definition) is 3. The van der Waals surface area contributed by atoms with Crippen LogP contribution >= 0.6 is 0 Å². The highest BCUT2D eigenvalue weighted by Gasteiger charge is 2.39. The van der Waals surface area contributed by atoms with Crippen molar-refractivity contribution in [2.24, 2.45) is 0 Å². The molecular weight excluding hydrogens is 224 g/mol. The highest BCUT2D eigenvalue weighted by Crippen LogP contribution is 2.26. The summed E-state index contributed by atoms with van der Waals surface area (Å²) >= 11 is 0. The van der Waals surface area contributed by atoms with Crippen LogP contribution in [-0.2, 0) is 4.74 Å². The van der Waals surface area contributed by atoms with E-state index in [1.54, 1.807) is 0 Å². The van der Waals surface area contributed by atoms with E-state index in [-0.39, 0.29) is 16.7 Å². The third-order valence-electron chi connectivity index (χ3n) is 3.96. The van der Waals surface area contributed by atoms with E-state index in [1.807, 2.05) is 0 Å². The Bertz CT molecular complexity index is 270. The van der Waals surface area contributed by atoms with Crippen molar-refractivity contribution < 1.29 is 4.74 Å². The number of nitrogens with zero attached hydrogens (tertiary/aromatic N) is 1. The van der Waals surface area contributed by atoms with E-state index in [2.05, 4.69) is 58.7 Å². The van der Waals surface area contributed by atoms with Crippen LogP contribution in [0.1, 0.15) is 54.9 Å². The minimum Gasteiger partial charge on any atom is -0.375 e. The molecule has 1 aliphatic rings. The Hall–Kier alpha value is -0.120. The molecule has 1 aliphatic heterocycles.